The first-order valence-corrected chi connectivity index (χ1v) is 9.26. The van der Waals surface area contributed by atoms with Crippen molar-refractivity contribution in [2.45, 2.75) is 12.8 Å². The molecule has 0 saturated heterocycles. The van der Waals surface area contributed by atoms with E-state index in [1.54, 1.807) is 6.07 Å². The minimum absolute atomic E-state index is 0.00258. The molecule has 3 N–H and O–H groups in total. The lowest BCUT2D eigenvalue weighted by Crippen LogP contribution is -2.22. The van der Waals surface area contributed by atoms with E-state index in [4.69, 9.17) is 15.2 Å². The van der Waals surface area contributed by atoms with Crippen molar-refractivity contribution in [3.05, 3.63) is 72.2 Å². The molecule has 2 aromatic carbocycles. The molecule has 146 valence electrons. The van der Waals surface area contributed by atoms with Gasteiger partial charge in [0, 0.05) is 30.3 Å². The molecule has 1 unspecified atom stereocenters. The second kappa shape index (κ2) is 11.5. The zero-order chi connectivity index (χ0) is 19.5. The van der Waals surface area contributed by atoms with Gasteiger partial charge in [0.2, 0.25) is 0 Å². The molecule has 0 heterocycles. The third-order valence-electron chi connectivity index (χ3n) is 4.33. The fraction of sp³-hybridized carbons (Fsp3) is 0.364. The molecule has 27 heavy (non-hydrogen) atoms. The highest BCUT2D eigenvalue weighted by Crippen LogP contribution is 2.28. The SMILES string of the molecule is C=C(NCCOCCOCCN)C(C)c1ccc(-c2ccccc2)c(F)c1. The summed E-state index contributed by atoms with van der Waals surface area (Å²) in [6.07, 6.45) is 0. The van der Waals surface area contributed by atoms with E-state index < -0.39 is 0 Å². The average molecular weight is 372 g/mol. The maximum Gasteiger partial charge on any atom is 0.131 e. The van der Waals surface area contributed by atoms with Crippen LogP contribution in [0.1, 0.15) is 18.4 Å². The standard InChI is InChI=1S/C22H29FN2O2/c1-17(18(2)25-11-13-27-15-14-26-12-10-24)20-8-9-21(22(23)16-20)19-6-4-3-5-7-19/h3-9,16-17,25H,2,10-15,24H2,1H3. The van der Waals surface area contributed by atoms with E-state index in [9.17, 15) is 4.39 Å². The first kappa shape index (κ1) is 21.1. The van der Waals surface area contributed by atoms with Crippen molar-refractivity contribution in [2.24, 2.45) is 5.73 Å². The summed E-state index contributed by atoms with van der Waals surface area (Å²) in [5, 5.41) is 3.25. The number of ether oxygens (including phenoxy) is 2. The topological polar surface area (TPSA) is 56.5 Å². The summed E-state index contributed by atoms with van der Waals surface area (Å²) in [6.45, 7) is 9.43. The second-order valence-corrected chi connectivity index (χ2v) is 6.29. The van der Waals surface area contributed by atoms with Crippen molar-refractivity contribution in [1.29, 1.82) is 0 Å². The highest BCUT2D eigenvalue weighted by molar-refractivity contribution is 5.64. The van der Waals surface area contributed by atoms with Gasteiger partial charge in [0.1, 0.15) is 5.82 Å². The third-order valence-corrected chi connectivity index (χ3v) is 4.33. The molecule has 0 bridgehead atoms. The molecule has 2 aromatic rings. The van der Waals surface area contributed by atoms with Gasteiger partial charge in [-0.15, -0.1) is 0 Å². The second-order valence-electron chi connectivity index (χ2n) is 6.29. The minimum Gasteiger partial charge on any atom is -0.386 e. The van der Waals surface area contributed by atoms with Crippen molar-refractivity contribution >= 4 is 0 Å². The van der Waals surface area contributed by atoms with Gasteiger partial charge in [0.25, 0.3) is 0 Å². The lowest BCUT2D eigenvalue weighted by atomic mass is 9.95. The molecule has 0 aliphatic carbocycles. The lowest BCUT2D eigenvalue weighted by molar-refractivity contribution is 0.0523. The van der Waals surface area contributed by atoms with Crippen LogP contribution in [0.3, 0.4) is 0 Å². The Labute approximate surface area is 161 Å². The first-order valence-electron chi connectivity index (χ1n) is 9.26. The van der Waals surface area contributed by atoms with Crippen LogP contribution in [0.2, 0.25) is 0 Å². The fourth-order valence-corrected chi connectivity index (χ4v) is 2.70. The van der Waals surface area contributed by atoms with Gasteiger partial charge in [-0.2, -0.15) is 0 Å². The molecule has 0 saturated carbocycles. The van der Waals surface area contributed by atoms with E-state index >= 15 is 0 Å². The molecule has 0 radical (unpaired) electrons. The Balaban J connectivity index is 1.80. The van der Waals surface area contributed by atoms with Crippen LogP contribution in [0.15, 0.2) is 60.8 Å². The molecular weight excluding hydrogens is 343 g/mol. The summed E-state index contributed by atoms with van der Waals surface area (Å²) in [7, 11) is 0. The van der Waals surface area contributed by atoms with Gasteiger partial charge >= 0.3 is 0 Å². The van der Waals surface area contributed by atoms with Crippen LogP contribution in [0, 0.1) is 5.82 Å². The molecule has 5 heteroatoms. The monoisotopic (exact) mass is 372 g/mol. The molecule has 0 amide bonds. The Morgan fingerprint density at radius 1 is 1.07 bits per heavy atom. The largest absolute Gasteiger partial charge is 0.386 e. The summed E-state index contributed by atoms with van der Waals surface area (Å²) in [4.78, 5) is 0. The Bertz CT molecular complexity index is 707. The number of nitrogens with two attached hydrogens (primary N) is 1. The molecular formula is C22H29FN2O2. The highest BCUT2D eigenvalue weighted by atomic mass is 19.1. The Morgan fingerprint density at radius 3 is 2.44 bits per heavy atom. The van der Waals surface area contributed by atoms with Crippen LogP contribution < -0.4 is 11.1 Å². The maximum absolute atomic E-state index is 14.5. The van der Waals surface area contributed by atoms with Gasteiger partial charge in [-0.1, -0.05) is 56.0 Å². The average Bonchev–Trinajstić information content (AvgIpc) is 2.69. The molecule has 0 fully saturated rings. The number of nitrogens with one attached hydrogen (secondary N) is 1. The number of hydrogen-bond acceptors (Lipinski definition) is 4. The number of hydrogen-bond donors (Lipinski definition) is 2. The summed E-state index contributed by atoms with van der Waals surface area (Å²) < 4.78 is 25.3. The summed E-state index contributed by atoms with van der Waals surface area (Å²) in [5.74, 6) is -0.226. The van der Waals surface area contributed by atoms with Crippen molar-refractivity contribution in [2.75, 3.05) is 39.5 Å². The first-order chi connectivity index (χ1) is 13.1. The highest BCUT2D eigenvalue weighted by Gasteiger charge is 2.13. The van der Waals surface area contributed by atoms with Gasteiger partial charge in [-0.25, -0.2) is 4.39 Å². The van der Waals surface area contributed by atoms with Gasteiger partial charge in [-0.05, 0) is 17.2 Å². The predicted molar refractivity (Wildman–Crippen MR) is 108 cm³/mol. The Hall–Kier alpha value is -2.21. The lowest BCUT2D eigenvalue weighted by Gasteiger charge is -2.18. The quantitative estimate of drug-likeness (QED) is 0.558. The number of allylic oxidation sites excluding steroid dienone is 1. The molecule has 0 spiro atoms. The summed E-state index contributed by atoms with van der Waals surface area (Å²) in [6, 6.07) is 14.9. The van der Waals surface area contributed by atoms with E-state index in [-0.39, 0.29) is 11.7 Å². The zero-order valence-electron chi connectivity index (χ0n) is 15.9. The van der Waals surface area contributed by atoms with Crippen molar-refractivity contribution in [3.8, 4) is 11.1 Å². The third kappa shape index (κ3) is 6.79. The zero-order valence-corrected chi connectivity index (χ0v) is 15.9. The van der Waals surface area contributed by atoms with E-state index in [0.29, 0.717) is 45.1 Å². The van der Waals surface area contributed by atoms with Crippen LogP contribution >= 0.6 is 0 Å². The normalized spacial score (nSPS) is 12.0. The Kier molecular flexibility index (Phi) is 8.98. The molecule has 0 aliphatic heterocycles. The minimum atomic E-state index is -0.223. The predicted octanol–water partition coefficient (Wildman–Crippen LogP) is 3.69. The van der Waals surface area contributed by atoms with Crippen molar-refractivity contribution < 1.29 is 13.9 Å². The van der Waals surface area contributed by atoms with Gasteiger partial charge in [-0.3, -0.25) is 0 Å². The number of halogens is 1. The van der Waals surface area contributed by atoms with Gasteiger partial charge in [0.15, 0.2) is 0 Å². The van der Waals surface area contributed by atoms with Crippen LogP contribution in [0.25, 0.3) is 11.1 Å². The summed E-state index contributed by atoms with van der Waals surface area (Å²) in [5.41, 5.74) is 8.55. The maximum atomic E-state index is 14.5. The molecule has 4 nitrogen and oxygen atoms in total. The molecule has 0 aliphatic rings. The van der Waals surface area contributed by atoms with Crippen molar-refractivity contribution in [1.82, 2.24) is 5.32 Å². The van der Waals surface area contributed by atoms with Crippen LogP contribution in [-0.2, 0) is 9.47 Å². The van der Waals surface area contributed by atoms with Crippen LogP contribution in [-0.4, -0.2) is 39.5 Å². The van der Waals surface area contributed by atoms with Crippen molar-refractivity contribution in [3.63, 3.8) is 0 Å². The molecule has 0 aromatic heterocycles. The Morgan fingerprint density at radius 2 is 1.78 bits per heavy atom. The van der Waals surface area contributed by atoms with E-state index in [0.717, 1.165) is 16.8 Å². The fourth-order valence-electron chi connectivity index (χ4n) is 2.70. The number of rotatable bonds is 12. The molecule has 2 rings (SSSR count). The molecule has 1 atom stereocenters. The van der Waals surface area contributed by atoms with Crippen LogP contribution in [0.4, 0.5) is 4.39 Å². The van der Waals surface area contributed by atoms with Gasteiger partial charge in [0.05, 0.1) is 26.4 Å². The smallest absolute Gasteiger partial charge is 0.131 e. The summed E-state index contributed by atoms with van der Waals surface area (Å²) >= 11 is 0. The van der Waals surface area contributed by atoms with Gasteiger partial charge < -0.3 is 20.5 Å². The number of benzene rings is 2. The van der Waals surface area contributed by atoms with E-state index in [1.807, 2.05) is 49.4 Å². The van der Waals surface area contributed by atoms with E-state index in [2.05, 4.69) is 11.9 Å². The van der Waals surface area contributed by atoms with Crippen LogP contribution in [0.5, 0.6) is 0 Å². The van der Waals surface area contributed by atoms with E-state index in [1.165, 1.54) is 0 Å².